The van der Waals surface area contributed by atoms with Crippen LogP contribution in [-0.2, 0) is 11.2 Å². The summed E-state index contributed by atoms with van der Waals surface area (Å²) >= 11 is 5.71. The maximum absolute atomic E-state index is 10.5. The van der Waals surface area contributed by atoms with Gasteiger partial charge in [0.15, 0.2) is 0 Å². The van der Waals surface area contributed by atoms with Crippen LogP contribution >= 0.6 is 11.6 Å². The first-order valence-electron chi connectivity index (χ1n) is 4.10. The summed E-state index contributed by atoms with van der Waals surface area (Å²) in [5.74, 6) is -1.02. The first-order chi connectivity index (χ1) is 6.49. The molecule has 1 rings (SSSR count). The van der Waals surface area contributed by atoms with Gasteiger partial charge in [0.1, 0.15) is 11.2 Å². The summed E-state index contributed by atoms with van der Waals surface area (Å²) in [6.45, 7) is 1.79. The van der Waals surface area contributed by atoms with Crippen LogP contribution in [0.1, 0.15) is 11.3 Å². The van der Waals surface area contributed by atoms with E-state index in [9.17, 15) is 4.79 Å². The molecule has 1 aromatic heterocycles. The van der Waals surface area contributed by atoms with Gasteiger partial charge in [-0.2, -0.15) is 0 Å². The van der Waals surface area contributed by atoms with Crippen molar-refractivity contribution >= 4 is 17.6 Å². The Morgan fingerprint density at radius 1 is 1.71 bits per heavy atom. The van der Waals surface area contributed by atoms with E-state index in [-0.39, 0.29) is 6.42 Å². The molecular formula is C9H11ClN2O2. The molecule has 0 aliphatic carbocycles. The quantitative estimate of drug-likeness (QED) is 0.736. The zero-order valence-electron chi connectivity index (χ0n) is 7.70. The summed E-state index contributed by atoms with van der Waals surface area (Å²) < 4.78 is 0. The van der Waals surface area contributed by atoms with Crippen LogP contribution in [0.2, 0.25) is 5.15 Å². The van der Waals surface area contributed by atoms with Crippen LogP contribution < -0.4 is 5.73 Å². The summed E-state index contributed by atoms with van der Waals surface area (Å²) in [5, 5.41) is 8.97. The number of aryl methyl sites for hydroxylation is 1. The van der Waals surface area contributed by atoms with Crippen LogP contribution in [0.15, 0.2) is 12.1 Å². The summed E-state index contributed by atoms with van der Waals surface area (Å²) in [6.07, 6.45) is 0.262. The van der Waals surface area contributed by atoms with Gasteiger partial charge < -0.3 is 10.8 Å². The molecule has 0 aliphatic heterocycles. The highest BCUT2D eigenvalue weighted by Gasteiger charge is 2.12. The largest absolute Gasteiger partial charge is 0.480 e. The first-order valence-corrected chi connectivity index (χ1v) is 4.48. The highest BCUT2D eigenvalue weighted by Crippen LogP contribution is 2.11. The molecule has 1 atom stereocenters. The lowest BCUT2D eigenvalue weighted by Crippen LogP contribution is -2.32. The third-order valence-electron chi connectivity index (χ3n) is 1.75. The SMILES string of the molecule is Cc1cc(C[C@H](N)C(=O)O)cc(Cl)n1. The lowest BCUT2D eigenvalue weighted by atomic mass is 10.1. The molecule has 1 heterocycles. The number of hydrogen-bond donors (Lipinski definition) is 2. The number of hydrogen-bond acceptors (Lipinski definition) is 3. The molecule has 76 valence electrons. The van der Waals surface area contributed by atoms with E-state index in [0.29, 0.717) is 5.15 Å². The number of nitrogens with two attached hydrogens (primary N) is 1. The molecule has 0 bridgehead atoms. The van der Waals surface area contributed by atoms with Gasteiger partial charge in [0.25, 0.3) is 0 Å². The average Bonchev–Trinajstić information content (AvgIpc) is 2.01. The maximum Gasteiger partial charge on any atom is 0.320 e. The van der Waals surface area contributed by atoms with Crippen molar-refractivity contribution in [1.82, 2.24) is 4.98 Å². The van der Waals surface area contributed by atoms with Gasteiger partial charge in [0.05, 0.1) is 0 Å². The second-order valence-electron chi connectivity index (χ2n) is 3.09. The third-order valence-corrected chi connectivity index (χ3v) is 1.95. The molecule has 0 aromatic carbocycles. The second kappa shape index (κ2) is 4.39. The average molecular weight is 215 g/mol. The van der Waals surface area contributed by atoms with E-state index < -0.39 is 12.0 Å². The Kier molecular flexibility index (Phi) is 3.43. The summed E-state index contributed by atoms with van der Waals surface area (Å²) in [7, 11) is 0. The minimum Gasteiger partial charge on any atom is -0.480 e. The monoisotopic (exact) mass is 214 g/mol. The van der Waals surface area contributed by atoms with Crippen LogP contribution in [0.4, 0.5) is 0 Å². The van der Waals surface area contributed by atoms with Crippen LogP contribution in [0.5, 0.6) is 0 Å². The van der Waals surface area contributed by atoms with Crippen LogP contribution in [0.25, 0.3) is 0 Å². The number of halogens is 1. The van der Waals surface area contributed by atoms with E-state index in [1.54, 1.807) is 19.1 Å². The highest BCUT2D eigenvalue weighted by atomic mass is 35.5. The zero-order chi connectivity index (χ0) is 10.7. The van der Waals surface area contributed by atoms with Crippen LogP contribution in [-0.4, -0.2) is 22.1 Å². The van der Waals surface area contributed by atoms with Crippen molar-refractivity contribution in [2.45, 2.75) is 19.4 Å². The molecule has 1 aromatic rings. The van der Waals surface area contributed by atoms with Gasteiger partial charge >= 0.3 is 5.97 Å². The van der Waals surface area contributed by atoms with Crippen LogP contribution in [0, 0.1) is 6.92 Å². The van der Waals surface area contributed by atoms with Crippen molar-refractivity contribution in [2.24, 2.45) is 5.73 Å². The highest BCUT2D eigenvalue weighted by molar-refractivity contribution is 6.29. The Morgan fingerprint density at radius 3 is 2.86 bits per heavy atom. The van der Waals surface area contributed by atoms with Crippen LogP contribution in [0.3, 0.4) is 0 Å². The molecule has 0 saturated carbocycles. The Balaban J connectivity index is 2.81. The van der Waals surface area contributed by atoms with E-state index in [1.807, 2.05) is 0 Å². The molecule has 0 spiro atoms. The van der Waals surface area contributed by atoms with Gasteiger partial charge in [-0.25, -0.2) is 4.98 Å². The molecule has 0 unspecified atom stereocenters. The smallest absolute Gasteiger partial charge is 0.320 e. The molecule has 0 radical (unpaired) electrons. The van der Waals surface area contributed by atoms with Crippen molar-refractivity contribution in [1.29, 1.82) is 0 Å². The number of rotatable bonds is 3. The number of aliphatic carboxylic acids is 1. The number of carboxylic acids is 1. The molecule has 0 saturated heterocycles. The standard InChI is InChI=1S/C9H11ClN2O2/c1-5-2-6(4-8(10)12-5)3-7(11)9(13)14/h2,4,7H,3,11H2,1H3,(H,13,14)/t7-/m0/s1. The molecule has 3 N–H and O–H groups in total. The first kappa shape index (κ1) is 10.9. The van der Waals surface area contributed by atoms with Gasteiger partial charge in [0.2, 0.25) is 0 Å². The van der Waals surface area contributed by atoms with E-state index >= 15 is 0 Å². The minimum absolute atomic E-state index is 0.262. The Bertz CT molecular complexity index is 334. The summed E-state index contributed by atoms with van der Waals surface area (Å²) in [6, 6.07) is 2.50. The fourth-order valence-electron chi connectivity index (χ4n) is 1.16. The molecule has 0 amide bonds. The Hall–Kier alpha value is -1.13. The van der Waals surface area contributed by atoms with E-state index in [2.05, 4.69) is 4.98 Å². The fourth-order valence-corrected chi connectivity index (χ4v) is 1.43. The van der Waals surface area contributed by atoms with Crippen molar-refractivity contribution < 1.29 is 9.90 Å². The van der Waals surface area contributed by atoms with Crippen molar-refractivity contribution in [3.8, 4) is 0 Å². The van der Waals surface area contributed by atoms with Gasteiger partial charge in [-0.15, -0.1) is 0 Å². The number of pyridine rings is 1. The number of carboxylic acid groups (broad SMARTS) is 1. The van der Waals surface area contributed by atoms with Gasteiger partial charge in [0, 0.05) is 5.69 Å². The van der Waals surface area contributed by atoms with E-state index in [1.165, 1.54) is 0 Å². The van der Waals surface area contributed by atoms with Gasteiger partial charge in [-0.05, 0) is 31.0 Å². The summed E-state index contributed by atoms with van der Waals surface area (Å²) in [5.41, 5.74) is 6.93. The number of nitrogens with zero attached hydrogens (tertiary/aromatic N) is 1. The van der Waals surface area contributed by atoms with Crippen molar-refractivity contribution in [3.63, 3.8) is 0 Å². The van der Waals surface area contributed by atoms with Crippen molar-refractivity contribution in [3.05, 3.63) is 28.5 Å². The predicted molar refractivity (Wildman–Crippen MR) is 53.3 cm³/mol. The van der Waals surface area contributed by atoms with Crippen molar-refractivity contribution in [2.75, 3.05) is 0 Å². The lowest BCUT2D eigenvalue weighted by molar-refractivity contribution is -0.138. The predicted octanol–water partition coefficient (Wildman–Crippen LogP) is 0.998. The minimum atomic E-state index is -1.02. The molecule has 4 nitrogen and oxygen atoms in total. The van der Waals surface area contributed by atoms with E-state index in [4.69, 9.17) is 22.4 Å². The zero-order valence-corrected chi connectivity index (χ0v) is 8.45. The molecule has 0 fully saturated rings. The van der Waals surface area contributed by atoms with Gasteiger partial charge in [-0.3, -0.25) is 4.79 Å². The number of aromatic nitrogens is 1. The third kappa shape index (κ3) is 2.97. The molecule has 0 aliphatic rings. The number of carbonyl (C=O) groups is 1. The second-order valence-corrected chi connectivity index (χ2v) is 3.48. The van der Waals surface area contributed by atoms with Gasteiger partial charge in [-0.1, -0.05) is 11.6 Å². The molecule has 14 heavy (non-hydrogen) atoms. The Labute approximate surface area is 86.7 Å². The fraction of sp³-hybridized carbons (Fsp3) is 0.333. The normalized spacial score (nSPS) is 12.5. The Morgan fingerprint density at radius 2 is 2.36 bits per heavy atom. The van der Waals surface area contributed by atoms with E-state index in [0.717, 1.165) is 11.3 Å². The maximum atomic E-state index is 10.5. The lowest BCUT2D eigenvalue weighted by Gasteiger charge is -2.07. The molecule has 5 heteroatoms. The topological polar surface area (TPSA) is 76.2 Å². The molecular weight excluding hydrogens is 204 g/mol. The summed E-state index contributed by atoms with van der Waals surface area (Å²) in [4.78, 5) is 14.5.